The lowest BCUT2D eigenvalue weighted by Crippen LogP contribution is -2.47. The Bertz CT molecular complexity index is 350. The highest BCUT2D eigenvalue weighted by molar-refractivity contribution is 7.04. The lowest BCUT2D eigenvalue weighted by Gasteiger charge is -2.28. The Balaban J connectivity index is 3.09. The van der Waals surface area contributed by atoms with E-state index in [9.17, 15) is 9.90 Å². The van der Waals surface area contributed by atoms with Crippen LogP contribution in [0.5, 0.6) is 0 Å². The van der Waals surface area contributed by atoms with Crippen molar-refractivity contribution < 1.29 is 9.90 Å². The molecule has 1 N–H and O–H groups in total. The van der Waals surface area contributed by atoms with Crippen LogP contribution in [0.25, 0.3) is 0 Å². The van der Waals surface area contributed by atoms with E-state index in [0.29, 0.717) is 5.56 Å². The van der Waals surface area contributed by atoms with Gasteiger partial charge in [0.15, 0.2) is 0 Å². The molecule has 1 unspecified atom stereocenters. The summed E-state index contributed by atoms with van der Waals surface area (Å²) in [6.45, 7) is 7.44. The maximum atomic E-state index is 12.1. The Morgan fingerprint density at radius 2 is 1.67 bits per heavy atom. The lowest BCUT2D eigenvalue weighted by molar-refractivity contribution is -0.129. The molecule has 3 heteroatoms. The molecule has 0 spiro atoms. The number of rotatable bonds is 3. The summed E-state index contributed by atoms with van der Waals surface area (Å²) in [4.78, 5) is 12.1. The van der Waals surface area contributed by atoms with Gasteiger partial charge in [-0.05, 0) is 12.5 Å². The Kier molecular flexibility index (Phi) is 3.16. The lowest BCUT2D eigenvalue weighted by atomic mass is 9.98. The molecule has 0 bridgehead atoms. The molecule has 0 aromatic heterocycles. The zero-order valence-corrected chi connectivity index (χ0v) is 10.7. The van der Waals surface area contributed by atoms with E-state index in [0.717, 1.165) is 0 Å². The van der Waals surface area contributed by atoms with E-state index in [1.54, 1.807) is 19.1 Å². The van der Waals surface area contributed by atoms with Crippen molar-refractivity contribution in [1.82, 2.24) is 0 Å². The van der Waals surface area contributed by atoms with Crippen molar-refractivity contribution in [2.24, 2.45) is 0 Å². The molecular formula is C12H18O2Si. The molecule has 1 aromatic carbocycles. The Morgan fingerprint density at radius 1 is 1.20 bits per heavy atom. The second kappa shape index (κ2) is 3.91. The van der Waals surface area contributed by atoms with Crippen LogP contribution in [0.3, 0.4) is 0 Å². The minimum atomic E-state index is -1.97. The van der Waals surface area contributed by atoms with Crippen LogP contribution in [0, 0.1) is 0 Å². The third-order valence-corrected chi connectivity index (χ3v) is 4.31. The van der Waals surface area contributed by atoms with Gasteiger partial charge in [0.05, 0.1) is 0 Å². The van der Waals surface area contributed by atoms with Gasteiger partial charge < -0.3 is 9.90 Å². The fraction of sp³-hybridized carbons (Fsp3) is 0.417. The molecular weight excluding hydrogens is 204 g/mol. The SMILES string of the molecule is CC(O)(C(=O)[Si](C)(C)C)c1ccccc1. The number of hydrogen-bond acceptors (Lipinski definition) is 2. The van der Waals surface area contributed by atoms with Crippen molar-refractivity contribution in [1.29, 1.82) is 0 Å². The second-order valence-corrected chi connectivity index (χ2v) is 9.97. The molecule has 0 aliphatic heterocycles. The van der Waals surface area contributed by atoms with Gasteiger partial charge in [-0.2, -0.15) is 0 Å². The summed E-state index contributed by atoms with van der Waals surface area (Å²) in [5, 5.41) is 10.2. The van der Waals surface area contributed by atoms with Gasteiger partial charge in [0.25, 0.3) is 0 Å². The van der Waals surface area contributed by atoms with Gasteiger partial charge in [0, 0.05) is 0 Å². The first-order valence-corrected chi connectivity index (χ1v) is 8.59. The average Bonchev–Trinajstić information content (AvgIpc) is 2.16. The molecule has 2 nitrogen and oxygen atoms in total. The quantitative estimate of drug-likeness (QED) is 0.797. The maximum absolute atomic E-state index is 12.1. The molecule has 15 heavy (non-hydrogen) atoms. The highest BCUT2D eigenvalue weighted by Gasteiger charge is 2.40. The summed E-state index contributed by atoms with van der Waals surface area (Å²) in [6, 6.07) is 9.12. The van der Waals surface area contributed by atoms with E-state index in [1.165, 1.54) is 0 Å². The zero-order valence-electron chi connectivity index (χ0n) is 9.74. The summed E-state index contributed by atoms with van der Waals surface area (Å²) >= 11 is 0. The van der Waals surface area contributed by atoms with Crippen LogP contribution < -0.4 is 0 Å². The van der Waals surface area contributed by atoms with Crippen molar-refractivity contribution in [3.8, 4) is 0 Å². The molecule has 0 fully saturated rings. The molecule has 0 saturated heterocycles. The van der Waals surface area contributed by atoms with E-state index in [1.807, 2.05) is 37.8 Å². The monoisotopic (exact) mass is 222 g/mol. The molecule has 0 aliphatic rings. The Hall–Kier alpha value is -0.933. The molecule has 1 atom stereocenters. The number of carbonyl (C=O) groups is 1. The third-order valence-electron chi connectivity index (χ3n) is 2.46. The Labute approximate surface area is 92.0 Å². The molecule has 0 radical (unpaired) electrons. The van der Waals surface area contributed by atoms with E-state index in [-0.39, 0.29) is 5.41 Å². The van der Waals surface area contributed by atoms with Gasteiger partial charge in [-0.15, -0.1) is 0 Å². The van der Waals surface area contributed by atoms with E-state index >= 15 is 0 Å². The van der Waals surface area contributed by atoms with Gasteiger partial charge >= 0.3 is 0 Å². The number of benzene rings is 1. The van der Waals surface area contributed by atoms with Crippen molar-refractivity contribution in [3.05, 3.63) is 35.9 Å². The van der Waals surface area contributed by atoms with Crippen molar-refractivity contribution in [2.45, 2.75) is 32.2 Å². The van der Waals surface area contributed by atoms with Gasteiger partial charge in [-0.1, -0.05) is 50.0 Å². The van der Waals surface area contributed by atoms with Crippen molar-refractivity contribution >= 4 is 13.5 Å². The summed E-state index contributed by atoms with van der Waals surface area (Å²) in [5.41, 5.74) is -0.663. The first kappa shape index (κ1) is 12.1. The van der Waals surface area contributed by atoms with Crippen molar-refractivity contribution in [2.75, 3.05) is 0 Å². The number of carbonyl (C=O) groups excluding carboxylic acids is 1. The van der Waals surface area contributed by atoms with E-state index in [4.69, 9.17) is 0 Å². The van der Waals surface area contributed by atoms with Crippen LogP contribution in [-0.2, 0) is 10.4 Å². The highest BCUT2D eigenvalue weighted by Crippen LogP contribution is 2.25. The summed E-state index contributed by atoms with van der Waals surface area (Å²) in [7, 11) is -1.97. The molecule has 0 saturated carbocycles. The summed E-state index contributed by atoms with van der Waals surface area (Å²) in [6.07, 6.45) is 0. The molecule has 1 aromatic rings. The first-order chi connectivity index (χ1) is 6.76. The maximum Gasteiger partial charge on any atom is 0.146 e. The molecule has 0 heterocycles. The molecule has 82 valence electrons. The molecule has 0 aliphatic carbocycles. The van der Waals surface area contributed by atoms with Crippen LogP contribution in [0.1, 0.15) is 12.5 Å². The average molecular weight is 222 g/mol. The highest BCUT2D eigenvalue weighted by atomic mass is 28.3. The number of hydrogen-bond donors (Lipinski definition) is 1. The third kappa shape index (κ3) is 2.55. The van der Waals surface area contributed by atoms with E-state index < -0.39 is 13.7 Å². The van der Waals surface area contributed by atoms with Gasteiger partial charge in [-0.3, -0.25) is 0 Å². The predicted octanol–water partition coefficient (Wildman–Crippen LogP) is 2.34. The fourth-order valence-electron chi connectivity index (χ4n) is 1.62. The first-order valence-electron chi connectivity index (χ1n) is 5.09. The number of aliphatic hydroxyl groups is 1. The van der Waals surface area contributed by atoms with Crippen LogP contribution in [-0.4, -0.2) is 18.6 Å². The normalized spacial score (nSPS) is 15.8. The van der Waals surface area contributed by atoms with Crippen LogP contribution in [0.4, 0.5) is 0 Å². The van der Waals surface area contributed by atoms with Crippen LogP contribution >= 0.6 is 0 Å². The standard InChI is InChI=1S/C12H18O2Si/c1-12(14,11(13)15(2,3)4)10-8-6-5-7-9-10/h5-9,14H,1-4H3. The van der Waals surface area contributed by atoms with Gasteiger partial charge in [0.1, 0.15) is 19.1 Å². The van der Waals surface area contributed by atoms with Gasteiger partial charge in [-0.25, -0.2) is 0 Å². The molecule has 1 rings (SSSR count). The summed E-state index contributed by atoms with van der Waals surface area (Å²) < 4.78 is 0. The summed E-state index contributed by atoms with van der Waals surface area (Å²) in [5.74, 6) is 0. The smallest absolute Gasteiger partial charge is 0.146 e. The Morgan fingerprint density at radius 3 is 2.07 bits per heavy atom. The molecule has 0 amide bonds. The zero-order chi connectivity index (χ0) is 11.7. The minimum Gasteiger partial charge on any atom is -0.378 e. The van der Waals surface area contributed by atoms with Crippen molar-refractivity contribution in [3.63, 3.8) is 0 Å². The largest absolute Gasteiger partial charge is 0.378 e. The fourth-order valence-corrected chi connectivity index (χ4v) is 3.23. The minimum absolute atomic E-state index is 0.0267. The van der Waals surface area contributed by atoms with Crippen LogP contribution in [0.2, 0.25) is 19.6 Å². The van der Waals surface area contributed by atoms with Gasteiger partial charge in [0.2, 0.25) is 0 Å². The van der Waals surface area contributed by atoms with Crippen LogP contribution in [0.15, 0.2) is 30.3 Å². The predicted molar refractivity (Wildman–Crippen MR) is 64.4 cm³/mol. The second-order valence-electron chi connectivity index (χ2n) is 5.02. The topological polar surface area (TPSA) is 37.3 Å². The van der Waals surface area contributed by atoms with E-state index in [2.05, 4.69) is 0 Å².